The van der Waals surface area contributed by atoms with Crippen LogP contribution in [0.15, 0.2) is 16.1 Å². The van der Waals surface area contributed by atoms with Crippen molar-refractivity contribution in [1.29, 1.82) is 0 Å². The number of rotatable bonds is 4. The fraction of sp³-hybridized carbons (Fsp3) is 0.571. The third-order valence-electron chi connectivity index (χ3n) is 3.98. The minimum absolute atomic E-state index is 0.0871. The maximum atomic E-state index is 12.5. The van der Waals surface area contributed by atoms with Crippen molar-refractivity contribution in [3.63, 3.8) is 0 Å². The number of aliphatic hydroxyl groups excluding tert-OH is 3. The van der Waals surface area contributed by atoms with Gasteiger partial charge >= 0.3 is 0 Å². The molecule has 1 aliphatic heterocycles. The van der Waals surface area contributed by atoms with Gasteiger partial charge in [-0.05, 0) is 0 Å². The van der Waals surface area contributed by atoms with Gasteiger partial charge in [0.1, 0.15) is 18.3 Å². The van der Waals surface area contributed by atoms with Gasteiger partial charge in [0.25, 0.3) is 5.56 Å². The number of fused-ring (bicyclic) bond motifs is 1. The number of aliphatic hydroxyl groups is 3. The van der Waals surface area contributed by atoms with Gasteiger partial charge in [0.2, 0.25) is 5.95 Å². The molecule has 0 spiro atoms. The molecule has 0 aliphatic carbocycles. The molecule has 1 saturated heterocycles. The minimum Gasteiger partial charge on any atom is -0.394 e. The monoisotopic (exact) mass is 352 g/mol. The Morgan fingerprint density at radius 2 is 2.12 bits per heavy atom. The van der Waals surface area contributed by atoms with E-state index in [1.54, 1.807) is 19.0 Å². The van der Waals surface area contributed by atoms with Crippen LogP contribution in [0.1, 0.15) is 6.23 Å². The molecule has 0 saturated carbocycles. The van der Waals surface area contributed by atoms with E-state index >= 15 is 0 Å². The van der Waals surface area contributed by atoms with Gasteiger partial charge in [-0.1, -0.05) is 0 Å². The number of imidazole rings is 1. The van der Waals surface area contributed by atoms with E-state index in [4.69, 9.17) is 4.74 Å². The van der Waals surface area contributed by atoms with Gasteiger partial charge in [-0.15, -0.1) is 0 Å². The number of aliphatic imine (C=N–C) groups is 1. The van der Waals surface area contributed by atoms with Crippen molar-refractivity contribution in [3.8, 4) is 0 Å². The zero-order valence-corrected chi connectivity index (χ0v) is 14.0. The quantitative estimate of drug-likeness (QED) is 0.423. The molecule has 3 N–H and O–H groups in total. The third kappa shape index (κ3) is 2.91. The van der Waals surface area contributed by atoms with E-state index < -0.39 is 36.7 Å². The molecule has 2 aromatic heterocycles. The standard InChI is InChI=1S/C14H20N6O5/c1-18(2)5-16-14-17-11-8(12(24)19(14)3)15-6-20(11)13-10(23)9(22)7(4-21)25-13/h5-7,9-10,13,21-23H,4H2,1-3H3/t7-,9?,10?,13-/m1/s1. The Hall–Kier alpha value is -2.34. The second-order valence-corrected chi connectivity index (χ2v) is 6.04. The molecular formula is C14H20N6O5. The number of hydrogen-bond acceptors (Lipinski definition) is 8. The van der Waals surface area contributed by atoms with Crippen molar-refractivity contribution in [2.75, 3.05) is 20.7 Å². The minimum atomic E-state index is -1.30. The molecule has 2 unspecified atom stereocenters. The molecular weight excluding hydrogens is 332 g/mol. The summed E-state index contributed by atoms with van der Waals surface area (Å²) in [6.45, 7) is -0.449. The van der Waals surface area contributed by atoms with Gasteiger partial charge in [-0.3, -0.25) is 13.9 Å². The molecule has 25 heavy (non-hydrogen) atoms. The Morgan fingerprint density at radius 3 is 2.72 bits per heavy atom. The Balaban J connectivity index is 2.11. The molecule has 0 amide bonds. The molecule has 1 fully saturated rings. The highest BCUT2D eigenvalue weighted by atomic mass is 16.6. The van der Waals surface area contributed by atoms with Crippen LogP contribution >= 0.6 is 0 Å². The predicted molar refractivity (Wildman–Crippen MR) is 87.6 cm³/mol. The van der Waals surface area contributed by atoms with Crippen molar-refractivity contribution >= 4 is 23.5 Å². The van der Waals surface area contributed by atoms with Crippen molar-refractivity contribution in [2.45, 2.75) is 24.5 Å². The molecule has 0 radical (unpaired) electrons. The van der Waals surface area contributed by atoms with Crippen molar-refractivity contribution in [1.82, 2.24) is 24.0 Å². The second-order valence-electron chi connectivity index (χ2n) is 6.04. The van der Waals surface area contributed by atoms with E-state index in [0.717, 1.165) is 0 Å². The van der Waals surface area contributed by atoms with Crippen LogP contribution in [0.25, 0.3) is 11.2 Å². The highest BCUT2D eigenvalue weighted by Crippen LogP contribution is 2.31. The predicted octanol–water partition coefficient (Wildman–Crippen LogP) is -2.04. The van der Waals surface area contributed by atoms with E-state index in [2.05, 4.69) is 15.0 Å². The van der Waals surface area contributed by atoms with Gasteiger partial charge in [-0.2, -0.15) is 4.98 Å². The summed E-state index contributed by atoms with van der Waals surface area (Å²) in [5, 5.41) is 29.3. The molecule has 0 bridgehead atoms. The van der Waals surface area contributed by atoms with Gasteiger partial charge < -0.3 is 25.0 Å². The molecule has 0 aromatic carbocycles. The number of aromatic nitrogens is 4. The zero-order valence-electron chi connectivity index (χ0n) is 14.0. The maximum absolute atomic E-state index is 12.5. The first-order valence-corrected chi connectivity index (χ1v) is 7.61. The first-order chi connectivity index (χ1) is 11.8. The largest absolute Gasteiger partial charge is 0.394 e. The first kappa shape index (κ1) is 17.5. The summed E-state index contributed by atoms with van der Waals surface area (Å²) in [7, 11) is 5.09. The molecule has 11 nitrogen and oxygen atoms in total. The Labute approximate surface area is 142 Å². The van der Waals surface area contributed by atoms with E-state index in [9.17, 15) is 20.1 Å². The van der Waals surface area contributed by atoms with E-state index in [1.807, 2.05) is 0 Å². The summed E-state index contributed by atoms with van der Waals surface area (Å²) in [6.07, 6.45) is -1.71. The Morgan fingerprint density at radius 1 is 1.40 bits per heavy atom. The lowest BCUT2D eigenvalue weighted by Gasteiger charge is -2.16. The number of hydrogen-bond donors (Lipinski definition) is 3. The van der Waals surface area contributed by atoms with Crippen LogP contribution < -0.4 is 5.56 Å². The molecule has 136 valence electrons. The van der Waals surface area contributed by atoms with Crippen LogP contribution in [-0.4, -0.2) is 84.7 Å². The lowest BCUT2D eigenvalue weighted by molar-refractivity contribution is -0.0511. The van der Waals surface area contributed by atoms with Crippen LogP contribution in [0.3, 0.4) is 0 Å². The smallest absolute Gasteiger partial charge is 0.282 e. The number of nitrogens with zero attached hydrogens (tertiary/aromatic N) is 6. The van der Waals surface area contributed by atoms with Gasteiger partial charge in [-0.25, -0.2) is 9.98 Å². The number of ether oxygens (including phenoxy) is 1. The van der Waals surface area contributed by atoms with E-state index in [1.165, 1.54) is 28.8 Å². The third-order valence-corrected chi connectivity index (χ3v) is 3.98. The average molecular weight is 352 g/mol. The summed E-state index contributed by atoms with van der Waals surface area (Å²) < 4.78 is 8.09. The lowest BCUT2D eigenvalue weighted by atomic mass is 10.1. The summed E-state index contributed by atoms with van der Waals surface area (Å²) >= 11 is 0. The molecule has 2 aromatic rings. The summed E-state index contributed by atoms with van der Waals surface area (Å²) in [4.78, 5) is 26.7. The fourth-order valence-corrected chi connectivity index (χ4v) is 2.61. The van der Waals surface area contributed by atoms with E-state index in [0.29, 0.717) is 0 Å². The lowest BCUT2D eigenvalue weighted by Crippen LogP contribution is -2.33. The van der Waals surface area contributed by atoms with Crippen LogP contribution in [-0.2, 0) is 11.8 Å². The van der Waals surface area contributed by atoms with Crippen LogP contribution in [0, 0.1) is 0 Å². The van der Waals surface area contributed by atoms with Crippen molar-refractivity contribution < 1.29 is 20.1 Å². The van der Waals surface area contributed by atoms with Crippen LogP contribution in [0.5, 0.6) is 0 Å². The molecule has 1 aliphatic rings. The average Bonchev–Trinajstić information content (AvgIpc) is 3.11. The Bertz CT molecular complexity index is 859. The van der Waals surface area contributed by atoms with E-state index in [-0.39, 0.29) is 17.1 Å². The topological polar surface area (TPSA) is 138 Å². The first-order valence-electron chi connectivity index (χ1n) is 7.61. The normalized spacial score (nSPS) is 26.8. The Kier molecular flexibility index (Phi) is 4.56. The summed E-state index contributed by atoms with van der Waals surface area (Å²) in [6, 6.07) is 0. The van der Waals surface area contributed by atoms with Gasteiger partial charge in [0.05, 0.1) is 19.3 Å². The van der Waals surface area contributed by atoms with Crippen molar-refractivity contribution in [3.05, 3.63) is 16.7 Å². The molecule has 4 atom stereocenters. The fourth-order valence-electron chi connectivity index (χ4n) is 2.61. The second kappa shape index (κ2) is 6.52. The van der Waals surface area contributed by atoms with Crippen molar-refractivity contribution in [2.24, 2.45) is 12.0 Å². The SMILES string of the molecule is CN(C)C=Nc1nc2c(ncn2[C@@H]2O[C@H](CO)C(O)C2O)c(=O)n1C. The maximum Gasteiger partial charge on any atom is 0.282 e. The summed E-state index contributed by atoms with van der Waals surface area (Å²) in [5.74, 6) is 0.152. The molecule has 3 heterocycles. The molecule has 3 rings (SSSR count). The molecule has 11 heteroatoms. The van der Waals surface area contributed by atoms with Crippen LogP contribution in [0.4, 0.5) is 5.95 Å². The summed E-state index contributed by atoms with van der Waals surface area (Å²) in [5.41, 5.74) is -0.144. The van der Waals surface area contributed by atoms with Gasteiger partial charge in [0, 0.05) is 21.1 Å². The zero-order chi connectivity index (χ0) is 18.3. The highest BCUT2D eigenvalue weighted by molar-refractivity contribution is 5.71. The van der Waals surface area contributed by atoms with Gasteiger partial charge in [0.15, 0.2) is 17.4 Å². The highest BCUT2D eigenvalue weighted by Gasteiger charge is 2.44. The van der Waals surface area contributed by atoms with Crippen LogP contribution in [0.2, 0.25) is 0 Å².